The number of carbonyl (C=O) groups excluding carboxylic acids is 2. The minimum atomic E-state index is -4.44. The quantitative estimate of drug-likeness (QED) is 0.732. The molecule has 3 N–H and O–H groups in total. The second-order valence-electron chi connectivity index (χ2n) is 5.77. The summed E-state index contributed by atoms with van der Waals surface area (Å²) in [6, 6.07) is 3.85. The summed E-state index contributed by atoms with van der Waals surface area (Å²) < 4.78 is 37.4. The van der Waals surface area contributed by atoms with Gasteiger partial charge in [0.2, 0.25) is 5.91 Å². The summed E-state index contributed by atoms with van der Waals surface area (Å²) in [5, 5.41) is 8.39. The maximum Gasteiger partial charge on any atom is 0.416 e. The van der Waals surface area contributed by atoms with E-state index in [1.54, 1.807) is 0 Å². The molecule has 2 amide bonds. The zero-order chi connectivity index (χ0) is 17.6. The number of rotatable bonds is 5. The Kier molecular flexibility index (Phi) is 8.18. The van der Waals surface area contributed by atoms with E-state index in [1.807, 2.05) is 0 Å². The average Bonchev–Trinajstić information content (AvgIpc) is 2.58. The summed E-state index contributed by atoms with van der Waals surface area (Å²) >= 11 is 0. The van der Waals surface area contributed by atoms with E-state index < -0.39 is 17.6 Å². The third kappa shape index (κ3) is 6.91. The van der Waals surface area contributed by atoms with Gasteiger partial charge in [0.1, 0.15) is 0 Å². The van der Waals surface area contributed by atoms with E-state index in [9.17, 15) is 22.8 Å². The Morgan fingerprint density at radius 3 is 2.40 bits per heavy atom. The first kappa shape index (κ1) is 21.2. The Bertz CT molecular complexity index is 573. The molecule has 1 aliphatic rings. The van der Waals surface area contributed by atoms with Crippen molar-refractivity contribution in [2.75, 3.05) is 26.2 Å². The van der Waals surface area contributed by atoms with E-state index in [4.69, 9.17) is 0 Å². The number of carbonyl (C=O) groups is 2. The molecular weight excluding hydrogens is 359 g/mol. The molecule has 140 valence electrons. The molecule has 2 rings (SSSR count). The number of hydrogen-bond donors (Lipinski definition) is 3. The van der Waals surface area contributed by atoms with Gasteiger partial charge in [-0.3, -0.25) is 9.59 Å². The molecule has 0 saturated carbocycles. The van der Waals surface area contributed by atoms with Crippen molar-refractivity contribution in [2.45, 2.75) is 19.0 Å². The average molecular weight is 380 g/mol. The standard InChI is InChI=1S/C16H20F3N3O2.ClH/c17-16(18,19)13-5-3-12(4-6-13)15(24)22-10-14(23)21-9-11-2-1-7-20-8-11;/h3-6,11,20H,1-2,7-10H2,(H,21,23)(H,22,24);1H. The minimum Gasteiger partial charge on any atom is -0.354 e. The van der Waals surface area contributed by atoms with E-state index in [0.717, 1.165) is 50.2 Å². The van der Waals surface area contributed by atoms with Crippen LogP contribution in [-0.4, -0.2) is 38.0 Å². The summed E-state index contributed by atoms with van der Waals surface area (Å²) in [6.07, 6.45) is -2.32. The fourth-order valence-electron chi connectivity index (χ4n) is 2.49. The van der Waals surface area contributed by atoms with Crippen molar-refractivity contribution in [3.05, 3.63) is 35.4 Å². The van der Waals surface area contributed by atoms with E-state index >= 15 is 0 Å². The lowest BCUT2D eigenvalue weighted by molar-refractivity contribution is -0.137. The van der Waals surface area contributed by atoms with Crippen molar-refractivity contribution >= 4 is 24.2 Å². The normalized spacial score (nSPS) is 17.3. The summed E-state index contributed by atoms with van der Waals surface area (Å²) in [5.74, 6) is -0.521. The second kappa shape index (κ2) is 9.62. The molecule has 0 spiro atoms. The molecule has 1 unspecified atom stereocenters. The zero-order valence-corrected chi connectivity index (χ0v) is 14.3. The Balaban J connectivity index is 0.00000312. The molecule has 0 aliphatic carbocycles. The van der Waals surface area contributed by atoms with Crippen LogP contribution in [0.4, 0.5) is 13.2 Å². The van der Waals surface area contributed by atoms with Gasteiger partial charge >= 0.3 is 6.18 Å². The SMILES string of the molecule is Cl.O=C(CNC(=O)c1ccc(C(F)(F)F)cc1)NCC1CCCNC1. The number of nitrogens with one attached hydrogen (secondary N) is 3. The van der Waals surface area contributed by atoms with Gasteiger partial charge in [0.05, 0.1) is 12.1 Å². The highest BCUT2D eigenvalue weighted by Gasteiger charge is 2.30. The molecule has 1 saturated heterocycles. The number of amides is 2. The monoisotopic (exact) mass is 379 g/mol. The molecule has 1 atom stereocenters. The van der Waals surface area contributed by atoms with Crippen molar-refractivity contribution in [1.82, 2.24) is 16.0 Å². The molecular formula is C16H21ClF3N3O2. The van der Waals surface area contributed by atoms with Gasteiger partial charge in [-0.15, -0.1) is 12.4 Å². The molecule has 25 heavy (non-hydrogen) atoms. The highest BCUT2D eigenvalue weighted by Crippen LogP contribution is 2.29. The van der Waals surface area contributed by atoms with Crippen LogP contribution in [0.3, 0.4) is 0 Å². The first-order valence-electron chi connectivity index (χ1n) is 7.79. The van der Waals surface area contributed by atoms with E-state index in [1.165, 1.54) is 0 Å². The molecule has 1 aromatic rings. The minimum absolute atomic E-state index is 0. The first-order chi connectivity index (χ1) is 11.4. The predicted octanol–water partition coefficient (Wildman–Crippen LogP) is 1.97. The van der Waals surface area contributed by atoms with Crippen LogP contribution >= 0.6 is 12.4 Å². The Morgan fingerprint density at radius 2 is 1.84 bits per heavy atom. The molecule has 1 heterocycles. The van der Waals surface area contributed by atoms with Crippen molar-refractivity contribution in [3.8, 4) is 0 Å². The van der Waals surface area contributed by atoms with Gasteiger partial charge in [-0.05, 0) is 56.1 Å². The maximum atomic E-state index is 12.5. The van der Waals surface area contributed by atoms with Gasteiger partial charge in [-0.1, -0.05) is 0 Å². The molecule has 1 aromatic carbocycles. The summed E-state index contributed by atoms with van der Waals surface area (Å²) in [7, 11) is 0. The first-order valence-corrected chi connectivity index (χ1v) is 7.79. The molecule has 0 bridgehead atoms. The lowest BCUT2D eigenvalue weighted by atomic mass is 10.00. The fraction of sp³-hybridized carbons (Fsp3) is 0.500. The summed E-state index contributed by atoms with van der Waals surface area (Å²) in [5.41, 5.74) is -0.745. The molecule has 1 fully saturated rings. The van der Waals surface area contributed by atoms with E-state index in [-0.39, 0.29) is 30.4 Å². The van der Waals surface area contributed by atoms with Gasteiger partial charge in [-0.2, -0.15) is 13.2 Å². The lowest BCUT2D eigenvalue weighted by Gasteiger charge is -2.22. The van der Waals surface area contributed by atoms with Crippen LogP contribution in [0.1, 0.15) is 28.8 Å². The molecule has 9 heteroatoms. The van der Waals surface area contributed by atoms with Crippen LogP contribution in [0.2, 0.25) is 0 Å². The number of alkyl halides is 3. The van der Waals surface area contributed by atoms with Crippen LogP contribution in [0.5, 0.6) is 0 Å². The van der Waals surface area contributed by atoms with Crippen LogP contribution < -0.4 is 16.0 Å². The van der Waals surface area contributed by atoms with Crippen LogP contribution in [0.25, 0.3) is 0 Å². The zero-order valence-electron chi connectivity index (χ0n) is 13.5. The van der Waals surface area contributed by atoms with Gasteiger partial charge in [-0.25, -0.2) is 0 Å². The number of piperidine rings is 1. The molecule has 1 aliphatic heterocycles. The highest BCUT2D eigenvalue weighted by atomic mass is 35.5. The number of hydrogen-bond acceptors (Lipinski definition) is 3. The van der Waals surface area contributed by atoms with E-state index in [0.29, 0.717) is 12.5 Å². The van der Waals surface area contributed by atoms with Gasteiger partial charge < -0.3 is 16.0 Å². The van der Waals surface area contributed by atoms with Crippen LogP contribution in [0, 0.1) is 5.92 Å². The van der Waals surface area contributed by atoms with Crippen molar-refractivity contribution < 1.29 is 22.8 Å². The summed E-state index contributed by atoms with van der Waals surface area (Å²) in [4.78, 5) is 23.5. The number of benzene rings is 1. The van der Waals surface area contributed by atoms with Gasteiger partial charge in [0, 0.05) is 12.1 Å². The third-order valence-corrected chi connectivity index (χ3v) is 3.87. The summed E-state index contributed by atoms with van der Waals surface area (Å²) in [6.45, 7) is 2.19. The fourth-order valence-corrected chi connectivity index (χ4v) is 2.49. The smallest absolute Gasteiger partial charge is 0.354 e. The largest absolute Gasteiger partial charge is 0.416 e. The highest BCUT2D eigenvalue weighted by molar-refractivity contribution is 5.96. The number of halogens is 4. The third-order valence-electron chi connectivity index (χ3n) is 3.87. The predicted molar refractivity (Wildman–Crippen MR) is 89.6 cm³/mol. The molecule has 0 radical (unpaired) electrons. The van der Waals surface area contributed by atoms with Crippen LogP contribution in [-0.2, 0) is 11.0 Å². The Labute approximate surface area is 150 Å². The topological polar surface area (TPSA) is 70.2 Å². The molecule has 0 aromatic heterocycles. The van der Waals surface area contributed by atoms with Crippen molar-refractivity contribution in [3.63, 3.8) is 0 Å². The Hall–Kier alpha value is -1.80. The van der Waals surface area contributed by atoms with Crippen LogP contribution in [0.15, 0.2) is 24.3 Å². The Morgan fingerprint density at radius 1 is 1.16 bits per heavy atom. The van der Waals surface area contributed by atoms with E-state index in [2.05, 4.69) is 16.0 Å². The van der Waals surface area contributed by atoms with Crippen molar-refractivity contribution in [1.29, 1.82) is 0 Å². The van der Waals surface area contributed by atoms with Gasteiger partial charge in [0.25, 0.3) is 5.91 Å². The lowest BCUT2D eigenvalue weighted by Crippen LogP contribution is -2.42. The van der Waals surface area contributed by atoms with Gasteiger partial charge in [0.15, 0.2) is 0 Å². The maximum absolute atomic E-state index is 12.5. The van der Waals surface area contributed by atoms with Crippen molar-refractivity contribution in [2.24, 2.45) is 5.92 Å². The second-order valence-corrected chi connectivity index (χ2v) is 5.77. The molecule has 5 nitrogen and oxygen atoms in total.